The van der Waals surface area contributed by atoms with Gasteiger partial charge in [-0.25, -0.2) is 0 Å². The quantitative estimate of drug-likeness (QED) is 0.734. The predicted octanol–water partition coefficient (Wildman–Crippen LogP) is 2.91. The first-order valence-corrected chi connectivity index (χ1v) is 6.79. The molecule has 0 aromatic heterocycles. The summed E-state index contributed by atoms with van der Waals surface area (Å²) >= 11 is 2.10. The van der Waals surface area contributed by atoms with Crippen molar-refractivity contribution in [3.05, 3.63) is 0 Å². The fourth-order valence-electron chi connectivity index (χ4n) is 1.86. The number of hydrogen-bond acceptors (Lipinski definition) is 2. The van der Waals surface area contributed by atoms with Crippen molar-refractivity contribution in [1.29, 1.82) is 0 Å². The molecule has 1 N–H and O–H groups in total. The molecule has 13 heavy (non-hydrogen) atoms. The minimum absolute atomic E-state index is 0.820. The lowest BCUT2D eigenvalue weighted by molar-refractivity contribution is 0.410. The highest BCUT2D eigenvalue weighted by atomic mass is 32.2. The van der Waals surface area contributed by atoms with Gasteiger partial charge in [-0.2, -0.15) is 11.8 Å². The van der Waals surface area contributed by atoms with Crippen molar-refractivity contribution in [2.75, 3.05) is 18.1 Å². The Bertz CT molecular complexity index is 121. The Morgan fingerprint density at radius 3 is 2.69 bits per heavy atom. The first kappa shape index (κ1) is 11.4. The van der Waals surface area contributed by atoms with Gasteiger partial charge in [0.05, 0.1) is 0 Å². The minimum Gasteiger partial charge on any atom is -0.314 e. The van der Waals surface area contributed by atoms with E-state index >= 15 is 0 Å². The Balaban J connectivity index is 2.03. The van der Waals surface area contributed by atoms with Crippen LogP contribution in [0.3, 0.4) is 0 Å². The fourth-order valence-corrected chi connectivity index (χ4v) is 2.97. The first-order valence-electron chi connectivity index (χ1n) is 5.64. The molecule has 1 rings (SSSR count). The van der Waals surface area contributed by atoms with Crippen LogP contribution in [-0.4, -0.2) is 24.1 Å². The maximum Gasteiger partial charge on any atom is 0.00828 e. The van der Waals surface area contributed by atoms with E-state index < -0.39 is 0 Å². The molecular weight excluding hydrogens is 178 g/mol. The molecule has 1 saturated heterocycles. The summed E-state index contributed by atoms with van der Waals surface area (Å²) in [4.78, 5) is 0. The van der Waals surface area contributed by atoms with E-state index in [4.69, 9.17) is 0 Å². The van der Waals surface area contributed by atoms with Crippen LogP contribution in [0, 0.1) is 5.92 Å². The standard InChI is InChI=1S/C11H23NS/c1-3-4-10(2)9-12-11-5-7-13-8-6-11/h10-12H,3-9H2,1-2H3. The summed E-state index contributed by atoms with van der Waals surface area (Å²) in [5.41, 5.74) is 0. The lowest BCUT2D eigenvalue weighted by atomic mass is 10.1. The van der Waals surface area contributed by atoms with Gasteiger partial charge in [-0.05, 0) is 43.2 Å². The van der Waals surface area contributed by atoms with Gasteiger partial charge in [-0.3, -0.25) is 0 Å². The molecule has 1 fully saturated rings. The van der Waals surface area contributed by atoms with Crippen molar-refractivity contribution >= 4 is 11.8 Å². The molecular formula is C11H23NS. The molecule has 1 nitrogen and oxygen atoms in total. The second-order valence-corrected chi connectivity index (χ2v) is 5.41. The van der Waals surface area contributed by atoms with Gasteiger partial charge in [0.2, 0.25) is 0 Å². The van der Waals surface area contributed by atoms with Crippen molar-refractivity contribution in [3.63, 3.8) is 0 Å². The summed E-state index contributed by atoms with van der Waals surface area (Å²) in [6.45, 7) is 5.85. The highest BCUT2D eigenvalue weighted by Crippen LogP contribution is 2.17. The van der Waals surface area contributed by atoms with Crippen molar-refractivity contribution in [3.8, 4) is 0 Å². The van der Waals surface area contributed by atoms with Gasteiger partial charge in [0.15, 0.2) is 0 Å². The molecule has 0 aromatic carbocycles. The van der Waals surface area contributed by atoms with Gasteiger partial charge >= 0.3 is 0 Å². The molecule has 1 heterocycles. The molecule has 0 saturated carbocycles. The van der Waals surface area contributed by atoms with E-state index in [1.807, 2.05) is 0 Å². The second kappa shape index (κ2) is 6.72. The molecule has 78 valence electrons. The zero-order chi connectivity index (χ0) is 9.52. The van der Waals surface area contributed by atoms with E-state index in [1.54, 1.807) is 0 Å². The van der Waals surface area contributed by atoms with E-state index in [-0.39, 0.29) is 0 Å². The van der Waals surface area contributed by atoms with E-state index in [0.717, 1.165) is 12.0 Å². The van der Waals surface area contributed by atoms with Gasteiger partial charge < -0.3 is 5.32 Å². The molecule has 0 aliphatic carbocycles. The third kappa shape index (κ3) is 4.92. The summed E-state index contributed by atoms with van der Waals surface area (Å²) in [5.74, 6) is 3.58. The summed E-state index contributed by atoms with van der Waals surface area (Å²) < 4.78 is 0. The van der Waals surface area contributed by atoms with Crippen LogP contribution in [0.15, 0.2) is 0 Å². The fraction of sp³-hybridized carbons (Fsp3) is 1.00. The molecule has 0 radical (unpaired) electrons. The summed E-state index contributed by atoms with van der Waals surface area (Å²) in [7, 11) is 0. The van der Waals surface area contributed by atoms with Crippen molar-refractivity contribution in [2.45, 2.75) is 45.6 Å². The Labute approximate surface area is 87.1 Å². The Kier molecular flexibility index (Phi) is 5.88. The smallest absolute Gasteiger partial charge is 0.00828 e. The minimum atomic E-state index is 0.820. The lowest BCUT2D eigenvalue weighted by Crippen LogP contribution is -2.35. The van der Waals surface area contributed by atoms with Crippen LogP contribution >= 0.6 is 11.8 Å². The zero-order valence-electron chi connectivity index (χ0n) is 9.01. The molecule has 0 amide bonds. The van der Waals surface area contributed by atoms with Crippen LogP contribution in [0.2, 0.25) is 0 Å². The summed E-state index contributed by atoms with van der Waals surface area (Å²) in [5, 5.41) is 3.69. The van der Waals surface area contributed by atoms with E-state index in [2.05, 4.69) is 30.9 Å². The molecule has 1 aliphatic heterocycles. The third-order valence-electron chi connectivity index (χ3n) is 2.76. The molecule has 1 atom stereocenters. The lowest BCUT2D eigenvalue weighted by Gasteiger charge is -2.24. The van der Waals surface area contributed by atoms with Crippen LogP contribution in [-0.2, 0) is 0 Å². The SMILES string of the molecule is CCCC(C)CNC1CCSCC1. The number of hydrogen-bond donors (Lipinski definition) is 1. The molecule has 0 bridgehead atoms. The Morgan fingerprint density at radius 1 is 1.38 bits per heavy atom. The van der Waals surface area contributed by atoms with Gasteiger partial charge in [0.25, 0.3) is 0 Å². The molecule has 0 spiro atoms. The van der Waals surface area contributed by atoms with Crippen molar-refractivity contribution in [2.24, 2.45) is 5.92 Å². The van der Waals surface area contributed by atoms with Gasteiger partial charge in [-0.15, -0.1) is 0 Å². The van der Waals surface area contributed by atoms with Gasteiger partial charge in [0.1, 0.15) is 0 Å². The molecule has 2 heteroatoms. The van der Waals surface area contributed by atoms with E-state index in [9.17, 15) is 0 Å². The average Bonchev–Trinajstić information content (AvgIpc) is 2.17. The summed E-state index contributed by atoms with van der Waals surface area (Å²) in [6, 6.07) is 0.820. The average molecular weight is 201 g/mol. The zero-order valence-corrected chi connectivity index (χ0v) is 9.83. The highest BCUT2D eigenvalue weighted by molar-refractivity contribution is 7.99. The molecule has 0 aromatic rings. The van der Waals surface area contributed by atoms with Gasteiger partial charge in [-0.1, -0.05) is 20.3 Å². The van der Waals surface area contributed by atoms with Gasteiger partial charge in [0, 0.05) is 6.04 Å². The number of thioether (sulfide) groups is 1. The predicted molar refractivity (Wildman–Crippen MR) is 62.4 cm³/mol. The van der Waals surface area contributed by atoms with Crippen molar-refractivity contribution in [1.82, 2.24) is 5.32 Å². The van der Waals surface area contributed by atoms with Crippen molar-refractivity contribution < 1.29 is 0 Å². The van der Waals surface area contributed by atoms with E-state index in [1.165, 1.54) is 43.7 Å². The van der Waals surface area contributed by atoms with Crippen LogP contribution in [0.5, 0.6) is 0 Å². The summed E-state index contributed by atoms with van der Waals surface area (Å²) in [6.07, 6.45) is 5.45. The maximum atomic E-state index is 3.69. The Hall–Kier alpha value is 0.310. The monoisotopic (exact) mass is 201 g/mol. The van der Waals surface area contributed by atoms with Crippen LogP contribution in [0.4, 0.5) is 0 Å². The Morgan fingerprint density at radius 2 is 2.08 bits per heavy atom. The maximum absolute atomic E-state index is 3.69. The second-order valence-electron chi connectivity index (χ2n) is 4.19. The van der Waals surface area contributed by atoms with Crippen LogP contribution in [0.25, 0.3) is 0 Å². The molecule has 1 aliphatic rings. The number of rotatable bonds is 5. The molecule has 1 unspecified atom stereocenters. The highest BCUT2D eigenvalue weighted by Gasteiger charge is 2.13. The van der Waals surface area contributed by atoms with Crippen LogP contribution < -0.4 is 5.32 Å². The normalized spacial score (nSPS) is 21.7. The van der Waals surface area contributed by atoms with Crippen LogP contribution in [0.1, 0.15) is 39.5 Å². The first-order chi connectivity index (χ1) is 6.33. The van der Waals surface area contributed by atoms with E-state index in [0.29, 0.717) is 0 Å². The third-order valence-corrected chi connectivity index (χ3v) is 3.81. The largest absolute Gasteiger partial charge is 0.314 e. The number of nitrogens with one attached hydrogen (secondary N) is 1. The topological polar surface area (TPSA) is 12.0 Å².